The van der Waals surface area contributed by atoms with Crippen LogP contribution in [-0.4, -0.2) is 37.2 Å². The number of rotatable bonds is 7. The molecule has 29 heavy (non-hydrogen) atoms. The number of benzene rings is 2. The predicted molar refractivity (Wildman–Crippen MR) is 109 cm³/mol. The van der Waals surface area contributed by atoms with Crippen LogP contribution in [0.2, 0.25) is 0 Å². The molecular formula is C19H19F2N3O3S2. The minimum absolute atomic E-state index is 0.0248. The van der Waals surface area contributed by atoms with Gasteiger partial charge in [0.1, 0.15) is 11.3 Å². The summed E-state index contributed by atoms with van der Waals surface area (Å²) in [6, 6.07) is 7.37. The van der Waals surface area contributed by atoms with Crippen molar-refractivity contribution >= 4 is 42.6 Å². The highest BCUT2D eigenvalue weighted by Gasteiger charge is 2.21. The van der Waals surface area contributed by atoms with E-state index in [1.165, 1.54) is 35.6 Å². The number of unbranched alkanes of at least 4 members (excludes halogenated alkanes) is 1. The number of nitrogens with zero attached hydrogens (tertiary/aromatic N) is 2. The van der Waals surface area contributed by atoms with Gasteiger partial charge in [-0.2, -0.15) is 0 Å². The van der Waals surface area contributed by atoms with E-state index in [9.17, 15) is 22.0 Å². The number of thiazole rings is 1. The van der Waals surface area contributed by atoms with Crippen LogP contribution in [0.25, 0.3) is 10.2 Å². The molecule has 0 aliphatic rings. The molecule has 2 aromatic carbocycles. The standard InChI is InChI=1S/C19H19F2N3O3S2/c1-3-4-9-24(2)29(26,27)14-7-5-12(6-8-14)18(25)23-19-22-17-15(21)10-13(20)11-16(17)28-19/h5-8,10-11H,3-4,9H2,1-2H3,(H,22,23,25). The van der Waals surface area contributed by atoms with E-state index in [0.717, 1.165) is 36.3 Å². The largest absolute Gasteiger partial charge is 0.298 e. The van der Waals surface area contributed by atoms with Crippen LogP contribution in [0.5, 0.6) is 0 Å². The molecule has 0 aliphatic heterocycles. The second-order valence-electron chi connectivity index (χ2n) is 6.41. The first kappa shape index (κ1) is 21.3. The zero-order valence-electron chi connectivity index (χ0n) is 15.8. The minimum atomic E-state index is -3.62. The number of hydrogen-bond acceptors (Lipinski definition) is 5. The topological polar surface area (TPSA) is 79.4 Å². The zero-order valence-corrected chi connectivity index (χ0v) is 17.4. The molecule has 3 aromatic rings. The third kappa shape index (κ3) is 4.60. The van der Waals surface area contributed by atoms with Gasteiger partial charge in [0.2, 0.25) is 10.0 Å². The molecule has 1 aromatic heterocycles. The van der Waals surface area contributed by atoms with Gasteiger partial charge in [-0.05, 0) is 36.8 Å². The van der Waals surface area contributed by atoms with E-state index in [-0.39, 0.29) is 25.8 Å². The molecule has 0 saturated carbocycles. The van der Waals surface area contributed by atoms with E-state index in [1.54, 1.807) is 0 Å². The number of halogens is 2. The fraction of sp³-hybridized carbons (Fsp3) is 0.263. The fourth-order valence-corrected chi connectivity index (χ4v) is 4.75. The Morgan fingerprint density at radius 3 is 2.55 bits per heavy atom. The average Bonchev–Trinajstić information content (AvgIpc) is 3.08. The van der Waals surface area contributed by atoms with Crippen molar-refractivity contribution in [3.8, 4) is 0 Å². The van der Waals surface area contributed by atoms with Gasteiger partial charge in [-0.3, -0.25) is 10.1 Å². The van der Waals surface area contributed by atoms with Crippen molar-refractivity contribution in [3.05, 3.63) is 53.6 Å². The molecule has 0 atom stereocenters. The number of carbonyl (C=O) groups excluding carboxylic acids is 1. The molecule has 154 valence electrons. The van der Waals surface area contributed by atoms with Crippen LogP contribution in [0.3, 0.4) is 0 Å². The number of nitrogens with one attached hydrogen (secondary N) is 1. The van der Waals surface area contributed by atoms with Gasteiger partial charge >= 0.3 is 0 Å². The van der Waals surface area contributed by atoms with Gasteiger partial charge < -0.3 is 0 Å². The Balaban J connectivity index is 1.76. The molecule has 6 nitrogen and oxygen atoms in total. The van der Waals surface area contributed by atoms with Crippen molar-refractivity contribution < 1.29 is 22.0 Å². The first-order valence-electron chi connectivity index (χ1n) is 8.85. The predicted octanol–water partition coefficient (Wildman–Crippen LogP) is 4.25. The third-order valence-electron chi connectivity index (χ3n) is 4.28. The summed E-state index contributed by atoms with van der Waals surface area (Å²) in [4.78, 5) is 16.5. The first-order valence-corrected chi connectivity index (χ1v) is 11.1. The lowest BCUT2D eigenvalue weighted by Crippen LogP contribution is -2.28. The number of fused-ring (bicyclic) bond motifs is 1. The third-order valence-corrected chi connectivity index (χ3v) is 7.07. The normalized spacial score (nSPS) is 11.9. The summed E-state index contributed by atoms with van der Waals surface area (Å²) in [6.07, 6.45) is 1.63. The van der Waals surface area contributed by atoms with Gasteiger partial charge in [-0.25, -0.2) is 26.5 Å². The van der Waals surface area contributed by atoms with Crippen LogP contribution in [0.1, 0.15) is 30.1 Å². The number of amides is 1. The van der Waals surface area contributed by atoms with Crippen LogP contribution in [0.15, 0.2) is 41.3 Å². The fourth-order valence-electron chi connectivity index (χ4n) is 2.64. The molecular weight excluding hydrogens is 420 g/mol. The summed E-state index contributed by atoms with van der Waals surface area (Å²) in [5.74, 6) is -2.07. The maximum Gasteiger partial charge on any atom is 0.257 e. The highest BCUT2D eigenvalue weighted by atomic mass is 32.2. The number of anilines is 1. The number of sulfonamides is 1. The van der Waals surface area contributed by atoms with E-state index in [2.05, 4.69) is 10.3 Å². The Kier molecular flexibility index (Phi) is 6.25. The van der Waals surface area contributed by atoms with E-state index >= 15 is 0 Å². The molecule has 0 aliphatic carbocycles. The molecule has 0 unspecified atom stereocenters. The van der Waals surface area contributed by atoms with Gasteiger partial charge in [-0.1, -0.05) is 24.7 Å². The lowest BCUT2D eigenvalue weighted by molar-refractivity contribution is 0.102. The Hall–Kier alpha value is -2.43. The molecule has 1 N–H and O–H groups in total. The Labute approximate surface area is 171 Å². The van der Waals surface area contributed by atoms with Crippen molar-refractivity contribution in [1.82, 2.24) is 9.29 Å². The molecule has 0 bridgehead atoms. The second-order valence-corrected chi connectivity index (χ2v) is 9.49. The summed E-state index contributed by atoms with van der Waals surface area (Å²) in [5.41, 5.74) is 0.189. The van der Waals surface area contributed by atoms with Crippen LogP contribution < -0.4 is 5.32 Å². The van der Waals surface area contributed by atoms with Crippen molar-refractivity contribution in [2.45, 2.75) is 24.7 Å². The first-order chi connectivity index (χ1) is 13.7. The van der Waals surface area contributed by atoms with Crippen LogP contribution in [0, 0.1) is 11.6 Å². The van der Waals surface area contributed by atoms with Crippen molar-refractivity contribution in [2.75, 3.05) is 18.9 Å². The average molecular weight is 440 g/mol. The highest BCUT2D eigenvalue weighted by Crippen LogP contribution is 2.29. The monoisotopic (exact) mass is 439 g/mol. The minimum Gasteiger partial charge on any atom is -0.298 e. The Morgan fingerprint density at radius 2 is 1.90 bits per heavy atom. The SMILES string of the molecule is CCCCN(C)S(=O)(=O)c1ccc(C(=O)Nc2nc3c(F)cc(F)cc3s2)cc1. The Bertz CT molecular complexity index is 1150. The molecule has 3 rings (SSSR count). The number of hydrogen-bond donors (Lipinski definition) is 1. The lowest BCUT2D eigenvalue weighted by atomic mass is 10.2. The zero-order chi connectivity index (χ0) is 21.2. The van der Waals surface area contributed by atoms with Gasteiger partial charge in [0.25, 0.3) is 5.91 Å². The van der Waals surface area contributed by atoms with Crippen molar-refractivity contribution in [3.63, 3.8) is 0 Å². The van der Waals surface area contributed by atoms with Crippen LogP contribution in [0.4, 0.5) is 13.9 Å². The summed E-state index contributed by atoms with van der Waals surface area (Å²) < 4.78 is 53.6. The highest BCUT2D eigenvalue weighted by molar-refractivity contribution is 7.89. The summed E-state index contributed by atoms with van der Waals surface area (Å²) in [6.45, 7) is 2.39. The van der Waals surface area contributed by atoms with Crippen molar-refractivity contribution in [1.29, 1.82) is 0 Å². The molecule has 1 amide bonds. The maximum absolute atomic E-state index is 13.8. The summed E-state index contributed by atoms with van der Waals surface area (Å²) in [5, 5.41) is 2.64. The van der Waals surface area contributed by atoms with Gasteiger partial charge in [0, 0.05) is 25.2 Å². The molecule has 0 spiro atoms. The van der Waals surface area contributed by atoms with Crippen LogP contribution in [-0.2, 0) is 10.0 Å². The summed E-state index contributed by atoms with van der Waals surface area (Å²) >= 11 is 0.942. The molecule has 0 saturated heterocycles. The van der Waals surface area contributed by atoms with Crippen LogP contribution >= 0.6 is 11.3 Å². The van der Waals surface area contributed by atoms with Gasteiger partial charge in [0.05, 0.1) is 9.60 Å². The quantitative estimate of drug-likeness (QED) is 0.597. The van der Waals surface area contributed by atoms with Gasteiger partial charge in [0.15, 0.2) is 10.9 Å². The molecule has 0 fully saturated rings. The molecule has 1 heterocycles. The smallest absolute Gasteiger partial charge is 0.257 e. The van der Waals surface area contributed by atoms with E-state index < -0.39 is 27.6 Å². The maximum atomic E-state index is 13.8. The van der Waals surface area contributed by atoms with Crippen molar-refractivity contribution in [2.24, 2.45) is 0 Å². The number of carbonyl (C=O) groups is 1. The lowest BCUT2D eigenvalue weighted by Gasteiger charge is -2.16. The van der Waals surface area contributed by atoms with Gasteiger partial charge in [-0.15, -0.1) is 0 Å². The number of aromatic nitrogens is 1. The van der Waals surface area contributed by atoms with E-state index in [4.69, 9.17) is 0 Å². The Morgan fingerprint density at radius 1 is 1.21 bits per heavy atom. The second kappa shape index (κ2) is 8.52. The summed E-state index contributed by atoms with van der Waals surface area (Å²) in [7, 11) is -2.11. The van der Waals surface area contributed by atoms with E-state index in [1.807, 2.05) is 6.92 Å². The van der Waals surface area contributed by atoms with E-state index in [0.29, 0.717) is 6.54 Å². The molecule has 0 radical (unpaired) electrons. The molecule has 10 heteroatoms.